The minimum absolute atomic E-state index is 0.257. The van der Waals surface area contributed by atoms with Crippen LogP contribution in [0.1, 0.15) is 32.1 Å². The molecule has 0 fully saturated rings. The van der Waals surface area contributed by atoms with Crippen molar-refractivity contribution in [3.05, 3.63) is 25.1 Å². The molecule has 0 unspecified atom stereocenters. The van der Waals surface area contributed by atoms with E-state index in [0.717, 1.165) is 24.3 Å². The normalized spacial score (nSPS) is 11.4. The zero-order valence-corrected chi connectivity index (χ0v) is 13.4. The zero-order chi connectivity index (χ0) is 16.2. The summed E-state index contributed by atoms with van der Waals surface area (Å²) in [5.41, 5.74) is -1.35. The van der Waals surface area contributed by atoms with E-state index in [-0.39, 0.29) is 5.00 Å². The number of hydrogen-bond acceptors (Lipinski definition) is 7. The van der Waals surface area contributed by atoms with Crippen LogP contribution in [0.25, 0.3) is 0 Å². The molecule has 0 atom stereocenters. The van der Waals surface area contributed by atoms with Gasteiger partial charge in [-0.05, 0) is 20.0 Å². The first-order valence-electron chi connectivity index (χ1n) is 6.54. The Kier molecular flexibility index (Phi) is 5.62. The lowest BCUT2D eigenvalue weighted by Gasteiger charge is -2.14. The fourth-order valence-electron chi connectivity index (χ4n) is 1.85. The topological polar surface area (TPSA) is 110 Å². The van der Waals surface area contributed by atoms with Gasteiger partial charge in [0.2, 0.25) is 0 Å². The van der Waals surface area contributed by atoms with Gasteiger partial charge in [-0.2, -0.15) is 0 Å². The van der Waals surface area contributed by atoms with Crippen molar-refractivity contribution in [1.29, 1.82) is 0 Å². The molecular formula is C12H20N4O4S. The maximum atomic E-state index is 11.3. The van der Waals surface area contributed by atoms with E-state index < -0.39 is 26.6 Å². The lowest BCUT2D eigenvalue weighted by Crippen LogP contribution is -2.12. The highest BCUT2D eigenvalue weighted by Gasteiger charge is 2.40. The number of nitrogens with one attached hydrogen (secondary N) is 2. The van der Waals surface area contributed by atoms with Crippen LogP contribution in [0.2, 0.25) is 0 Å². The first kappa shape index (κ1) is 17.3. The maximum Gasteiger partial charge on any atom is 0.380 e. The third-order valence-corrected chi connectivity index (χ3v) is 4.35. The van der Waals surface area contributed by atoms with Crippen LogP contribution in [0.15, 0.2) is 0 Å². The lowest BCUT2D eigenvalue weighted by molar-refractivity contribution is -0.421. The Morgan fingerprint density at radius 3 is 2.10 bits per heavy atom. The van der Waals surface area contributed by atoms with Gasteiger partial charge in [0.15, 0.2) is 5.00 Å². The van der Waals surface area contributed by atoms with Crippen LogP contribution >= 0.6 is 11.3 Å². The summed E-state index contributed by atoms with van der Waals surface area (Å²) in [5.74, 6) is 0. The molecule has 21 heavy (non-hydrogen) atoms. The first-order valence-corrected chi connectivity index (χ1v) is 7.36. The summed E-state index contributed by atoms with van der Waals surface area (Å²) in [4.78, 5) is 21.6. The number of anilines is 1. The average Bonchev–Trinajstić information content (AvgIpc) is 2.74. The molecule has 0 saturated heterocycles. The van der Waals surface area contributed by atoms with Crippen molar-refractivity contribution < 1.29 is 9.85 Å². The molecular weight excluding hydrogens is 296 g/mol. The molecule has 0 amide bonds. The van der Waals surface area contributed by atoms with Crippen LogP contribution in [0, 0.1) is 20.2 Å². The quantitative estimate of drug-likeness (QED) is 0.454. The summed E-state index contributed by atoms with van der Waals surface area (Å²) in [5, 5.41) is 28.7. The van der Waals surface area contributed by atoms with Gasteiger partial charge in [-0.25, -0.2) is 0 Å². The van der Waals surface area contributed by atoms with Crippen LogP contribution in [0.4, 0.5) is 16.4 Å². The average molecular weight is 316 g/mol. The molecule has 0 saturated carbocycles. The molecule has 2 N–H and O–H groups in total. The van der Waals surface area contributed by atoms with Gasteiger partial charge in [0.05, 0.1) is 14.7 Å². The van der Waals surface area contributed by atoms with Gasteiger partial charge in [0.1, 0.15) is 0 Å². The lowest BCUT2D eigenvalue weighted by atomic mass is 9.93. The molecule has 0 spiro atoms. The van der Waals surface area contributed by atoms with Crippen molar-refractivity contribution in [3.8, 4) is 0 Å². The molecule has 1 heterocycles. The van der Waals surface area contributed by atoms with E-state index in [0.29, 0.717) is 11.4 Å². The highest BCUT2D eigenvalue weighted by molar-refractivity contribution is 7.17. The Balaban J connectivity index is 3.24. The minimum Gasteiger partial charge on any atom is -0.371 e. The van der Waals surface area contributed by atoms with Crippen LogP contribution in [0.3, 0.4) is 0 Å². The highest BCUT2D eigenvalue weighted by atomic mass is 32.1. The van der Waals surface area contributed by atoms with Gasteiger partial charge < -0.3 is 10.6 Å². The van der Waals surface area contributed by atoms with E-state index in [1.165, 1.54) is 0 Å². The molecule has 8 nitrogen and oxygen atoms in total. The number of thiophene rings is 1. The van der Waals surface area contributed by atoms with Crippen molar-refractivity contribution in [2.75, 3.05) is 25.5 Å². The predicted molar refractivity (Wildman–Crippen MR) is 83.4 cm³/mol. The summed E-state index contributed by atoms with van der Waals surface area (Å²) in [7, 11) is 1.82. The highest BCUT2D eigenvalue weighted by Crippen LogP contribution is 2.49. The largest absolute Gasteiger partial charge is 0.380 e. The van der Waals surface area contributed by atoms with E-state index in [9.17, 15) is 20.2 Å². The molecule has 1 aromatic rings. The Bertz CT molecular complexity index is 536. The summed E-state index contributed by atoms with van der Waals surface area (Å²) in [6.45, 7) is 6.70. The monoisotopic (exact) mass is 316 g/mol. The predicted octanol–water partition coefficient (Wildman–Crippen LogP) is 2.88. The molecule has 1 aromatic heterocycles. The van der Waals surface area contributed by atoms with E-state index in [1.807, 2.05) is 7.05 Å². The van der Waals surface area contributed by atoms with Gasteiger partial charge in [-0.1, -0.05) is 20.8 Å². The van der Waals surface area contributed by atoms with E-state index >= 15 is 0 Å². The summed E-state index contributed by atoms with van der Waals surface area (Å²) in [6, 6.07) is 0. The smallest absolute Gasteiger partial charge is 0.371 e. The van der Waals surface area contributed by atoms with Crippen LogP contribution in [-0.4, -0.2) is 30.0 Å². The molecule has 1 rings (SSSR count). The van der Waals surface area contributed by atoms with E-state index in [4.69, 9.17) is 0 Å². The third-order valence-electron chi connectivity index (χ3n) is 2.79. The van der Waals surface area contributed by atoms with Gasteiger partial charge in [0, 0.05) is 12.0 Å². The number of rotatable bonds is 7. The van der Waals surface area contributed by atoms with Crippen molar-refractivity contribution in [2.24, 2.45) is 0 Å². The Morgan fingerprint density at radius 1 is 1.10 bits per heavy atom. The fraction of sp³-hybridized carbons (Fsp3) is 0.667. The second-order valence-electron chi connectivity index (χ2n) is 5.61. The second-order valence-corrected chi connectivity index (χ2v) is 6.63. The van der Waals surface area contributed by atoms with E-state index in [2.05, 4.69) is 10.6 Å². The van der Waals surface area contributed by atoms with Crippen molar-refractivity contribution in [1.82, 2.24) is 5.32 Å². The first-order chi connectivity index (χ1) is 9.70. The SMILES string of the molecule is CNCCCNc1sc(C(C)(C)C)c([N+](=O)[O-])c1[N+](=O)[O-]. The standard InChI is InChI=1S/C12H20N4O4S/c1-12(2,3)10-8(15(17)18)9(16(19)20)11(21-10)14-7-5-6-13-4/h13-14H,5-7H2,1-4H3. The van der Waals surface area contributed by atoms with Crippen molar-refractivity contribution in [3.63, 3.8) is 0 Å². The molecule has 9 heteroatoms. The third kappa shape index (κ3) is 4.11. The van der Waals surface area contributed by atoms with Gasteiger partial charge in [-0.3, -0.25) is 20.2 Å². The molecule has 0 radical (unpaired) electrons. The van der Waals surface area contributed by atoms with Crippen molar-refractivity contribution >= 4 is 27.7 Å². The van der Waals surface area contributed by atoms with Gasteiger partial charge >= 0.3 is 11.4 Å². The number of nitro groups is 2. The van der Waals surface area contributed by atoms with Crippen LogP contribution in [-0.2, 0) is 5.41 Å². The summed E-state index contributed by atoms with van der Waals surface area (Å²) < 4.78 is 0. The molecule has 0 aliphatic carbocycles. The van der Waals surface area contributed by atoms with Gasteiger partial charge in [-0.15, -0.1) is 11.3 Å². The fourth-order valence-corrected chi connectivity index (χ4v) is 3.07. The summed E-state index contributed by atoms with van der Waals surface area (Å²) >= 11 is 1.09. The van der Waals surface area contributed by atoms with Crippen LogP contribution < -0.4 is 10.6 Å². The molecule has 0 bridgehead atoms. The molecule has 0 aromatic carbocycles. The maximum absolute atomic E-state index is 11.3. The van der Waals surface area contributed by atoms with E-state index in [1.54, 1.807) is 20.8 Å². The summed E-state index contributed by atoms with van der Waals surface area (Å²) in [6.07, 6.45) is 0.768. The number of hydrogen-bond donors (Lipinski definition) is 2. The van der Waals surface area contributed by atoms with Gasteiger partial charge in [0.25, 0.3) is 0 Å². The molecule has 0 aliphatic heterocycles. The number of nitrogens with zero attached hydrogens (tertiary/aromatic N) is 2. The Labute approximate surface area is 126 Å². The molecule has 118 valence electrons. The molecule has 0 aliphatic rings. The van der Waals surface area contributed by atoms with Crippen LogP contribution in [0.5, 0.6) is 0 Å². The minimum atomic E-state index is -0.676. The Hall–Kier alpha value is -1.74. The second kappa shape index (κ2) is 6.81. The zero-order valence-electron chi connectivity index (χ0n) is 12.6. The van der Waals surface area contributed by atoms with Crippen molar-refractivity contribution in [2.45, 2.75) is 32.6 Å². The Morgan fingerprint density at radius 2 is 1.67 bits per heavy atom.